The third-order valence-electron chi connectivity index (χ3n) is 2.33. The Balaban J connectivity index is 3.03. The highest BCUT2D eigenvalue weighted by Crippen LogP contribution is 2.38. The standard InChI is InChI=1S/C11H11ClF3N3O2/c12-6-3-1-2-5(11(13,14)15)9(6)18-10(20)7(16)4-8(17)19/h1-3,7H,4,16H2,(H2,17,19)(H,18,20). The van der Waals surface area contributed by atoms with E-state index in [1.807, 2.05) is 5.32 Å². The number of nitrogens with two attached hydrogens (primary N) is 2. The van der Waals surface area contributed by atoms with Crippen molar-refractivity contribution in [1.29, 1.82) is 0 Å². The van der Waals surface area contributed by atoms with Crippen LogP contribution >= 0.6 is 11.6 Å². The van der Waals surface area contributed by atoms with Crippen LogP contribution in [0.1, 0.15) is 12.0 Å². The van der Waals surface area contributed by atoms with Gasteiger partial charge >= 0.3 is 6.18 Å². The topological polar surface area (TPSA) is 98.2 Å². The van der Waals surface area contributed by atoms with Gasteiger partial charge in [-0.25, -0.2) is 0 Å². The van der Waals surface area contributed by atoms with Gasteiger partial charge in [-0.15, -0.1) is 0 Å². The first-order chi connectivity index (χ1) is 9.12. The lowest BCUT2D eigenvalue weighted by atomic mass is 10.1. The maximum absolute atomic E-state index is 12.8. The molecule has 1 aromatic rings. The van der Waals surface area contributed by atoms with Crippen LogP contribution in [0.3, 0.4) is 0 Å². The molecule has 2 amide bonds. The molecule has 9 heteroatoms. The van der Waals surface area contributed by atoms with Gasteiger partial charge in [0, 0.05) is 0 Å². The highest BCUT2D eigenvalue weighted by atomic mass is 35.5. The predicted octanol–water partition coefficient (Wildman–Crippen LogP) is 1.50. The summed E-state index contributed by atoms with van der Waals surface area (Å²) < 4.78 is 38.3. The summed E-state index contributed by atoms with van der Waals surface area (Å²) in [6, 6.07) is 1.70. The number of nitrogens with one attached hydrogen (secondary N) is 1. The molecule has 0 saturated heterocycles. The van der Waals surface area contributed by atoms with E-state index in [1.165, 1.54) is 6.07 Å². The minimum Gasteiger partial charge on any atom is -0.370 e. The van der Waals surface area contributed by atoms with E-state index in [0.29, 0.717) is 0 Å². The van der Waals surface area contributed by atoms with Crippen LogP contribution in [0.5, 0.6) is 0 Å². The average molecular weight is 310 g/mol. The van der Waals surface area contributed by atoms with Gasteiger partial charge in [0.1, 0.15) is 0 Å². The van der Waals surface area contributed by atoms with Crippen molar-refractivity contribution < 1.29 is 22.8 Å². The first-order valence-corrected chi connectivity index (χ1v) is 5.71. The zero-order valence-corrected chi connectivity index (χ0v) is 10.8. The van der Waals surface area contributed by atoms with Crippen LogP contribution in [0.15, 0.2) is 18.2 Å². The van der Waals surface area contributed by atoms with E-state index < -0.39 is 41.7 Å². The van der Waals surface area contributed by atoms with Crippen LogP contribution < -0.4 is 16.8 Å². The lowest BCUT2D eigenvalue weighted by Gasteiger charge is -2.17. The lowest BCUT2D eigenvalue weighted by molar-refractivity contribution is -0.137. The number of carbonyl (C=O) groups is 2. The Morgan fingerprint density at radius 3 is 2.45 bits per heavy atom. The number of para-hydroxylation sites is 1. The van der Waals surface area contributed by atoms with Gasteiger partial charge in [-0.3, -0.25) is 9.59 Å². The molecule has 5 nitrogen and oxygen atoms in total. The van der Waals surface area contributed by atoms with Crippen molar-refractivity contribution in [3.63, 3.8) is 0 Å². The van der Waals surface area contributed by atoms with Crippen molar-refractivity contribution in [3.05, 3.63) is 28.8 Å². The number of rotatable bonds is 4. The summed E-state index contributed by atoms with van der Waals surface area (Å²) in [7, 11) is 0. The van der Waals surface area contributed by atoms with Gasteiger partial charge < -0.3 is 16.8 Å². The monoisotopic (exact) mass is 309 g/mol. The zero-order chi connectivity index (χ0) is 15.5. The molecule has 1 aromatic carbocycles. The highest BCUT2D eigenvalue weighted by Gasteiger charge is 2.35. The molecular formula is C11H11ClF3N3O2. The third-order valence-corrected chi connectivity index (χ3v) is 2.64. The van der Waals surface area contributed by atoms with Crippen LogP contribution in [0.4, 0.5) is 18.9 Å². The number of halogens is 4. The smallest absolute Gasteiger partial charge is 0.370 e. The van der Waals surface area contributed by atoms with Gasteiger partial charge in [-0.1, -0.05) is 17.7 Å². The molecule has 0 fully saturated rings. The van der Waals surface area contributed by atoms with E-state index in [2.05, 4.69) is 0 Å². The van der Waals surface area contributed by atoms with Gasteiger partial charge in [0.25, 0.3) is 0 Å². The van der Waals surface area contributed by atoms with Crippen LogP contribution in [-0.4, -0.2) is 17.9 Å². The van der Waals surface area contributed by atoms with Gasteiger partial charge in [0.05, 0.1) is 28.7 Å². The molecule has 0 aliphatic carbocycles. The number of amides is 2. The zero-order valence-electron chi connectivity index (χ0n) is 10.00. The Bertz CT molecular complexity index is 534. The maximum Gasteiger partial charge on any atom is 0.418 e. The summed E-state index contributed by atoms with van der Waals surface area (Å²) in [5.74, 6) is -1.83. The highest BCUT2D eigenvalue weighted by molar-refractivity contribution is 6.34. The molecule has 1 unspecified atom stereocenters. The second-order valence-electron chi connectivity index (χ2n) is 3.93. The molecule has 0 spiro atoms. The summed E-state index contributed by atoms with van der Waals surface area (Å²) in [5.41, 5.74) is 8.47. The fraction of sp³-hybridized carbons (Fsp3) is 0.273. The van der Waals surface area contributed by atoms with E-state index in [1.54, 1.807) is 0 Å². The summed E-state index contributed by atoms with van der Waals surface area (Å²) in [4.78, 5) is 22.2. The van der Waals surface area contributed by atoms with Crippen LogP contribution in [-0.2, 0) is 15.8 Å². The first-order valence-electron chi connectivity index (χ1n) is 5.33. The Morgan fingerprint density at radius 2 is 1.95 bits per heavy atom. The molecule has 0 aromatic heterocycles. The average Bonchev–Trinajstić information content (AvgIpc) is 2.29. The van der Waals surface area contributed by atoms with Crippen molar-refractivity contribution in [3.8, 4) is 0 Å². The molecule has 0 saturated carbocycles. The van der Waals surface area contributed by atoms with Crippen molar-refractivity contribution in [1.82, 2.24) is 0 Å². The second kappa shape index (κ2) is 6.10. The van der Waals surface area contributed by atoms with Crippen LogP contribution in [0, 0.1) is 0 Å². The summed E-state index contributed by atoms with van der Waals surface area (Å²) in [6.07, 6.45) is -5.18. The molecule has 0 aliphatic rings. The first kappa shape index (κ1) is 16.3. The summed E-state index contributed by atoms with van der Waals surface area (Å²) >= 11 is 5.64. The van der Waals surface area contributed by atoms with E-state index in [-0.39, 0.29) is 5.02 Å². The summed E-state index contributed by atoms with van der Waals surface area (Å²) in [5, 5.41) is 1.67. The van der Waals surface area contributed by atoms with Gasteiger partial charge in [-0.2, -0.15) is 13.2 Å². The lowest BCUT2D eigenvalue weighted by Crippen LogP contribution is -2.39. The number of primary amides is 1. The maximum atomic E-state index is 12.8. The van der Waals surface area contributed by atoms with E-state index in [9.17, 15) is 22.8 Å². The quantitative estimate of drug-likeness (QED) is 0.786. The minimum atomic E-state index is -4.69. The van der Waals surface area contributed by atoms with Gasteiger partial charge in [0.15, 0.2) is 0 Å². The Hall–Kier alpha value is -1.80. The molecule has 0 radical (unpaired) electrons. The van der Waals surface area contributed by atoms with Crippen molar-refractivity contribution in [2.75, 3.05) is 5.32 Å². The fourth-order valence-electron chi connectivity index (χ4n) is 1.41. The molecule has 5 N–H and O–H groups in total. The second-order valence-corrected chi connectivity index (χ2v) is 4.33. The molecular weight excluding hydrogens is 299 g/mol. The molecule has 0 bridgehead atoms. The van der Waals surface area contributed by atoms with Crippen molar-refractivity contribution >= 4 is 29.1 Å². The number of hydrogen-bond acceptors (Lipinski definition) is 3. The number of benzene rings is 1. The third kappa shape index (κ3) is 4.10. The summed E-state index contributed by atoms with van der Waals surface area (Å²) in [6.45, 7) is 0. The normalized spacial score (nSPS) is 12.8. The van der Waals surface area contributed by atoms with Crippen LogP contribution in [0.2, 0.25) is 5.02 Å². The molecule has 20 heavy (non-hydrogen) atoms. The van der Waals surface area contributed by atoms with Gasteiger partial charge in [-0.05, 0) is 12.1 Å². The molecule has 1 atom stereocenters. The number of carbonyl (C=O) groups excluding carboxylic acids is 2. The minimum absolute atomic E-state index is 0.292. The molecule has 110 valence electrons. The van der Waals surface area contributed by atoms with E-state index in [0.717, 1.165) is 12.1 Å². The largest absolute Gasteiger partial charge is 0.418 e. The Kier molecular flexibility index (Phi) is 4.96. The molecule has 1 rings (SSSR count). The van der Waals surface area contributed by atoms with Gasteiger partial charge in [0.2, 0.25) is 11.8 Å². The van der Waals surface area contributed by atoms with Crippen molar-refractivity contribution in [2.24, 2.45) is 11.5 Å². The molecule has 0 aliphatic heterocycles. The fourth-order valence-corrected chi connectivity index (χ4v) is 1.63. The molecule has 0 heterocycles. The van der Waals surface area contributed by atoms with Crippen LogP contribution in [0.25, 0.3) is 0 Å². The van der Waals surface area contributed by atoms with E-state index in [4.69, 9.17) is 23.1 Å². The van der Waals surface area contributed by atoms with Crippen molar-refractivity contribution in [2.45, 2.75) is 18.6 Å². The number of anilines is 1. The Labute approximate surface area is 117 Å². The Morgan fingerprint density at radius 1 is 1.35 bits per heavy atom. The number of hydrogen-bond donors (Lipinski definition) is 3. The van der Waals surface area contributed by atoms with E-state index >= 15 is 0 Å². The number of alkyl halides is 3. The predicted molar refractivity (Wildman–Crippen MR) is 66.9 cm³/mol. The SMILES string of the molecule is NC(=O)CC(N)C(=O)Nc1c(Cl)cccc1C(F)(F)F.